The minimum absolute atomic E-state index is 0.0282. The molecule has 1 atom stereocenters. The third-order valence-electron chi connectivity index (χ3n) is 4.77. The van der Waals surface area contributed by atoms with Crippen LogP contribution in [0.1, 0.15) is 17.5 Å². The van der Waals surface area contributed by atoms with Gasteiger partial charge < -0.3 is 15.0 Å². The Kier molecular flexibility index (Phi) is 6.06. The Hall–Kier alpha value is -2.89. The average Bonchev–Trinajstić information content (AvgIpc) is 3.04. The quantitative estimate of drug-likeness (QED) is 0.815. The van der Waals surface area contributed by atoms with E-state index in [1.807, 2.05) is 24.3 Å². The monoisotopic (exact) mass is 370 g/mol. The minimum Gasteiger partial charge on any atom is -0.496 e. The number of hydrogen-bond donors (Lipinski definition) is 1. The number of nitrogens with zero attached hydrogens (tertiary/aromatic N) is 1. The summed E-state index contributed by atoms with van der Waals surface area (Å²) in [7, 11) is 1.60. The molecule has 0 aromatic heterocycles. The van der Waals surface area contributed by atoms with Gasteiger partial charge in [-0.1, -0.05) is 30.3 Å². The summed E-state index contributed by atoms with van der Waals surface area (Å²) in [5.41, 5.74) is 1.88. The van der Waals surface area contributed by atoms with E-state index in [1.54, 1.807) is 24.1 Å². The van der Waals surface area contributed by atoms with Crippen LogP contribution in [-0.2, 0) is 22.6 Å². The van der Waals surface area contributed by atoms with E-state index in [-0.39, 0.29) is 30.0 Å². The molecule has 0 aliphatic carbocycles. The van der Waals surface area contributed by atoms with Crippen LogP contribution >= 0.6 is 0 Å². The summed E-state index contributed by atoms with van der Waals surface area (Å²) in [6, 6.07) is 13.8. The fourth-order valence-electron chi connectivity index (χ4n) is 3.27. The first-order valence-electron chi connectivity index (χ1n) is 8.98. The van der Waals surface area contributed by atoms with E-state index in [4.69, 9.17) is 4.74 Å². The third-order valence-corrected chi connectivity index (χ3v) is 4.77. The Labute approximate surface area is 158 Å². The molecule has 1 saturated heterocycles. The highest BCUT2D eigenvalue weighted by Gasteiger charge is 2.34. The molecule has 142 valence electrons. The Balaban J connectivity index is 1.50. The maximum absolute atomic E-state index is 12.9. The maximum atomic E-state index is 12.9. The summed E-state index contributed by atoms with van der Waals surface area (Å²) in [5.74, 6) is -0.0344. The largest absolute Gasteiger partial charge is 0.496 e. The van der Waals surface area contributed by atoms with Crippen molar-refractivity contribution in [2.75, 3.05) is 20.2 Å². The van der Waals surface area contributed by atoms with Crippen molar-refractivity contribution in [2.45, 2.75) is 19.4 Å². The lowest BCUT2D eigenvalue weighted by Gasteiger charge is -2.18. The molecule has 1 heterocycles. The van der Waals surface area contributed by atoms with E-state index in [0.29, 0.717) is 26.1 Å². The summed E-state index contributed by atoms with van der Waals surface area (Å²) in [6.45, 7) is 1.29. The summed E-state index contributed by atoms with van der Waals surface area (Å²) in [4.78, 5) is 26.4. The second kappa shape index (κ2) is 8.66. The van der Waals surface area contributed by atoms with Gasteiger partial charge in [-0.25, -0.2) is 4.39 Å². The predicted octanol–water partition coefficient (Wildman–Crippen LogP) is 2.54. The van der Waals surface area contributed by atoms with Crippen molar-refractivity contribution < 1.29 is 18.7 Å². The first-order chi connectivity index (χ1) is 13.1. The number of nitrogens with one attached hydrogen (secondary N) is 1. The zero-order valence-corrected chi connectivity index (χ0v) is 15.3. The van der Waals surface area contributed by atoms with Gasteiger partial charge in [-0.05, 0) is 30.2 Å². The van der Waals surface area contributed by atoms with Gasteiger partial charge >= 0.3 is 0 Å². The number of hydrogen-bond acceptors (Lipinski definition) is 3. The molecule has 1 unspecified atom stereocenters. The molecule has 6 heteroatoms. The highest BCUT2D eigenvalue weighted by atomic mass is 19.1. The first kappa shape index (κ1) is 18.9. The van der Waals surface area contributed by atoms with Crippen molar-refractivity contribution in [2.24, 2.45) is 5.92 Å². The maximum Gasteiger partial charge on any atom is 0.225 e. The number of amides is 2. The fraction of sp³-hybridized carbons (Fsp3) is 0.333. The first-order valence-corrected chi connectivity index (χ1v) is 8.98. The van der Waals surface area contributed by atoms with Gasteiger partial charge in [0.05, 0.1) is 13.0 Å². The van der Waals surface area contributed by atoms with Crippen molar-refractivity contribution >= 4 is 11.8 Å². The normalized spacial score (nSPS) is 16.4. The zero-order chi connectivity index (χ0) is 19.2. The lowest BCUT2D eigenvalue weighted by Crippen LogP contribution is -2.34. The standard InChI is InChI=1S/C21H23FN2O3/c1-27-19-5-3-2-4-16(19)13-24-14-17(12-20(24)25)21(26)23-11-10-15-6-8-18(22)9-7-15/h2-9,17H,10-14H2,1H3,(H,23,26). The van der Waals surface area contributed by atoms with E-state index in [2.05, 4.69) is 5.32 Å². The van der Waals surface area contributed by atoms with Gasteiger partial charge in [0.25, 0.3) is 0 Å². The smallest absolute Gasteiger partial charge is 0.225 e. The van der Waals surface area contributed by atoms with Crippen molar-refractivity contribution in [1.82, 2.24) is 10.2 Å². The van der Waals surface area contributed by atoms with Crippen LogP contribution in [0.5, 0.6) is 5.75 Å². The molecule has 0 saturated carbocycles. The third kappa shape index (κ3) is 4.84. The zero-order valence-electron chi connectivity index (χ0n) is 15.3. The molecule has 1 N–H and O–H groups in total. The minimum atomic E-state index is -0.347. The van der Waals surface area contributed by atoms with Gasteiger partial charge in [-0.3, -0.25) is 9.59 Å². The van der Waals surface area contributed by atoms with Crippen LogP contribution in [0.3, 0.4) is 0 Å². The van der Waals surface area contributed by atoms with Crippen LogP contribution in [0, 0.1) is 11.7 Å². The second-order valence-corrected chi connectivity index (χ2v) is 6.65. The van der Waals surface area contributed by atoms with Crippen LogP contribution in [0.25, 0.3) is 0 Å². The highest BCUT2D eigenvalue weighted by molar-refractivity contribution is 5.89. The van der Waals surface area contributed by atoms with E-state index in [9.17, 15) is 14.0 Å². The summed E-state index contributed by atoms with van der Waals surface area (Å²) >= 11 is 0. The summed E-state index contributed by atoms with van der Waals surface area (Å²) < 4.78 is 18.2. The summed E-state index contributed by atoms with van der Waals surface area (Å²) in [6.07, 6.45) is 0.842. The molecular weight excluding hydrogens is 347 g/mol. The number of carbonyl (C=O) groups is 2. The SMILES string of the molecule is COc1ccccc1CN1CC(C(=O)NCCc2ccc(F)cc2)CC1=O. The Morgan fingerprint density at radius 1 is 1.22 bits per heavy atom. The van der Waals surface area contributed by atoms with Gasteiger partial charge in [0.15, 0.2) is 0 Å². The lowest BCUT2D eigenvalue weighted by molar-refractivity contribution is -0.129. The average molecular weight is 370 g/mol. The molecule has 5 nitrogen and oxygen atoms in total. The van der Waals surface area contributed by atoms with Crippen LogP contribution < -0.4 is 10.1 Å². The molecule has 1 aliphatic rings. The molecule has 2 amide bonds. The number of benzene rings is 2. The molecule has 1 aliphatic heterocycles. The van der Waals surface area contributed by atoms with Crippen molar-refractivity contribution in [1.29, 1.82) is 0 Å². The number of para-hydroxylation sites is 1. The fourth-order valence-corrected chi connectivity index (χ4v) is 3.27. The van der Waals surface area contributed by atoms with Crippen molar-refractivity contribution in [3.63, 3.8) is 0 Å². The van der Waals surface area contributed by atoms with Crippen molar-refractivity contribution in [3.05, 3.63) is 65.5 Å². The highest BCUT2D eigenvalue weighted by Crippen LogP contribution is 2.24. The van der Waals surface area contributed by atoms with Gasteiger partial charge in [0.1, 0.15) is 11.6 Å². The van der Waals surface area contributed by atoms with Crippen LogP contribution in [0.15, 0.2) is 48.5 Å². The molecule has 1 fully saturated rings. The number of ether oxygens (including phenoxy) is 1. The van der Waals surface area contributed by atoms with E-state index >= 15 is 0 Å². The van der Waals surface area contributed by atoms with Crippen LogP contribution in [0.2, 0.25) is 0 Å². The predicted molar refractivity (Wildman–Crippen MR) is 99.6 cm³/mol. The Morgan fingerprint density at radius 3 is 2.70 bits per heavy atom. The number of rotatable bonds is 7. The summed E-state index contributed by atoms with van der Waals surface area (Å²) in [5, 5.41) is 2.88. The molecule has 2 aromatic rings. The molecule has 0 spiro atoms. The molecular formula is C21H23FN2O3. The van der Waals surface area contributed by atoms with Gasteiger partial charge in [0, 0.05) is 31.6 Å². The second-order valence-electron chi connectivity index (χ2n) is 6.65. The number of methoxy groups -OCH3 is 1. The topological polar surface area (TPSA) is 58.6 Å². The molecule has 0 radical (unpaired) electrons. The Morgan fingerprint density at radius 2 is 1.96 bits per heavy atom. The molecule has 2 aromatic carbocycles. The van der Waals surface area contributed by atoms with Crippen LogP contribution in [0.4, 0.5) is 4.39 Å². The van der Waals surface area contributed by atoms with E-state index in [0.717, 1.165) is 16.9 Å². The van der Waals surface area contributed by atoms with Gasteiger partial charge in [-0.2, -0.15) is 0 Å². The number of likely N-dealkylation sites (tertiary alicyclic amines) is 1. The molecule has 27 heavy (non-hydrogen) atoms. The lowest BCUT2D eigenvalue weighted by atomic mass is 10.1. The van der Waals surface area contributed by atoms with Crippen LogP contribution in [-0.4, -0.2) is 36.9 Å². The number of halogens is 1. The Bertz CT molecular complexity index is 807. The van der Waals surface area contributed by atoms with E-state index < -0.39 is 0 Å². The van der Waals surface area contributed by atoms with Gasteiger partial charge in [0.2, 0.25) is 11.8 Å². The number of carbonyl (C=O) groups excluding carboxylic acids is 2. The molecule has 0 bridgehead atoms. The van der Waals surface area contributed by atoms with Crippen molar-refractivity contribution in [3.8, 4) is 5.75 Å². The van der Waals surface area contributed by atoms with Gasteiger partial charge in [-0.15, -0.1) is 0 Å². The molecule has 3 rings (SSSR count). The van der Waals surface area contributed by atoms with E-state index in [1.165, 1.54) is 12.1 Å².